The minimum Gasteiger partial charge on any atom is -0.280 e. The molecule has 0 bridgehead atoms. The van der Waals surface area contributed by atoms with Gasteiger partial charge in [-0.3, -0.25) is 9.67 Å². The summed E-state index contributed by atoms with van der Waals surface area (Å²) in [6.07, 6.45) is 1.82. The normalized spacial score (nSPS) is 11.5. The number of aromatic amines is 1. The van der Waals surface area contributed by atoms with Crippen molar-refractivity contribution in [2.45, 2.75) is 0 Å². The molecular weight excluding hydrogens is 232 g/mol. The molecule has 4 nitrogen and oxygen atoms in total. The minimum absolute atomic E-state index is 0.920. The highest BCUT2D eigenvalue weighted by Gasteiger charge is 2.11. The molecule has 0 aliphatic carbocycles. The van der Waals surface area contributed by atoms with Gasteiger partial charge in [0.25, 0.3) is 0 Å². The fraction of sp³-hybridized carbons (Fsp3) is 0. The lowest BCUT2D eigenvalue weighted by atomic mass is 10.3. The van der Waals surface area contributed by atoms with Gasteiger partial charge >= 0.3 is 0 Å². The Morgan fingerprint density at radius 2 is 2.12 bits per heavy atom. The smallest absolute Gasteiger partial charge is 0.178 e. The minimum atomic E-state index is 0.920. The van der Waals surface area contributed by atoms with Gasteiger partial charge in [0.1, 0.15) is 6.33 Å². The molecule has 17 heavy (non-hydrogen) atoms. The van der Waals surface area contributed by atoms with Crippen LogP contribution in [0, 0.1) is 0 Å². The van der Waals surface area contributed by atoms with E-state index in [2.05, 4.69) is 26.6 Å². The van der Waals surface area contributed by atoms with Crippen LogP contribution in [0.5, 0.6) is 0 Å². The van der Waals surface area contributed by atoms with E-state index >= 15 is 0 Å². The van der Waals surface area contributed by atoms with Crippen LogP contribution in [0.1, 0.15) is 0 Å². The Hall–Kier alpha value is -2.14. The number of hydrogen-bond donors (Lipinski definition) is 1. The lowest BCUT2D eigenvalue weighted by Crippen LogP contribution is -1.92. The van der Waals surface area contributed by atoms with Crippen molar-refractivity contribution in [1.82, 2.24) is 19.7 Å². The Morgan fingerprint density at radius 1 is 1.18 bits per heavy atom. The third kappa shape index (κ3) is 1.17. The van der Waals surface area contributed by atoms with Crippen LogP contribution >= 0.6 is 11.3 Å². The molecule has 3 aromatic heterocycles. The van der Waals surface area contributed by atoms with Gasteiger partial charge in [-0.05, 0) is 23.6 Å². The summed E-state index contributed by atoms with van der Waals surface area (Å²) < 4.78 is 3.18. The number of hydrogen-bond acceptors (Lipinski definition) is 3. The van der Waals surface area contributed by atoms with E-state index in [1.165, 1.54) is 0 Å². The second-order valence-electron chi connectivity index (χ2n) is 3.81. The lowest BCUT2D eigenvalue weighted by Gasteiger charge is -1.98. The molecule has 0 spiro atoms. The van der Waals surface area contributed by atoms with Crippen molar-refractivity contribution in [3.8, 4) is 5.82 Å². The molecule has 4 rings (SSSR count). The summed E-state index contributed by atoms with van der Waals surface area (Å²) in [5.41, 5.74) is 3.14. The second-order valence-corrected chi connectivity index (χ2v) is 4.73. The van der Waals surface area contributed by atoms with E-state index in [1.807, 2.05) is 35.2 Å². The maximum atomic E-state index is 4.38. The molecule has 5 heteroatoms. The monoisotopic (exact) mass is 240 g/mol. The standard InChI is InChI=1S/C12H8N4S/c1-2-4-10-8(3-1)13-7-16(10)12-11-9(14-15-12)5-6-17-11/h1-7H,(H,14,15). The highest BCUT2D eigenvalue weighted by atomic mass is 32.1. The number of imidazole rings is 1. The van der Waals surface area contributed by atoms with E-state index in [0.717, 1.165) is 27.1 Å². The van der Waals surface area contributed by atoms with Gasteiger partial charge in [-0.2, -0.15) is 5.10 Å². The van der Waals surface area contributed by atoms with Crippen molar-refractivity contribution in [3.63, 3.8) is 0 Å². The van der Waals surface area contributed by atoms with Crippen LogP contribution in [0.25, 0.3) is 27.1 Å². The van der Waals surface area contributed by atoms with Crippen molar-refractivity contribution in [2.75, 3.05) is 0 Å². The van der Waals surface area contributed by atoms with Crippen molar-refractivity contribution in [1.29, 1.82) is 0 Å². The molecule has 82 valence electrons. The quantitative estimate of drug-likeness (QED) is 0.556. The highest BCUT2D eigenvalue weighted by Crippen LogP contribution is 2.27. The zero-order valence-electron chi connectivity index (χ0n) is 8.79. The Morgan fingerprint density at radius 3 is 3.12 bits per heavy atom. The maximum absolute atomic E-state index is 4.38. The highest BCUT2D eigenvalue weighted by molar-refractivity contribution is 7.17. The van der Waals surface area contributed by atoms with Gasteiger partial charge in [0.2, 0.25) is 0 Å². The molecule has 0 saturated carbocycles. The van der Waals surface area contributed by atoms with Gasteiger partial charge in [-0.1, -0.05) is 12.1 Å². The van der Waals surface area contributed by atoms with Crippen molar-refractivity contribution in [3.05, 3.63) is 42.0 Å². The van der Waals surface area contributed by atoms with Crippen molar-refractivity contribution in [2.24, 2.45) is 0 Å². The molecule has 0 aliphatic rings. The van der Waals surface area contributed by atoms with Crippen LogP contribution < -0.4 is 0 Å². The van der Waals surface area contributed by atoms with E-state index in [1.54, 1.807) is 11.3 Å². The first-order valence-corrected chi connectivity index (χ1v) is 6.15. The van der Waals surface area contributed by atoms with Crippen LogP contribution in [0.15, 0.2) is 42.0 Å². The molecule has 0 unspecified atom stereocenters. The Balaban J connectivity index is 2.09. The SMILES string of the molecule is c1ccc2c(c1)ncn2-c1n[nH]c2ccsc12. The molecule has 0 amide bonds. The first-order chi connectivity index (χ1) is 8.43. The second kappa shape index (κ2) is 3.18. The maximum Gasteiger partial charge on any atom is 0.178 e. The van der Waals surface area contributed by atoms with Gasteiger partial charge in [0.05, 0.1) is 21.3 Å². The largest absolute Gasteiger partial charge is 0.280 e. The molecule has 0 radical (unpaired) electrons. The average molecular weight is 240 g/mol. The number of benzene rings is 1. The van der Waals surface area contributed by atoms with Crippen molar-refractivity contribution < 1.29 is 0 Å². The molecule has 0 saturated heterocycles. The molecule has 4 aromatic rings. The topological polar surface area (TPSA) is 46.5 Å². The summed E-state index contributed by atoms with van der Waals surface area (Å²) in [7, 11) is 0. The van der Waals surface area contributed by atoms with Crippen LogP contribution in [0.3, 0.4) is 0 Å². The fourth-order valence-corrected chi connectivity index (χ4v) is 2.86. The van der Waals surface area contributed by atoms with Gasteiger partial charge in [0.15, 0.2) is 5.82 Å². The molecular formula is C12H8N4S. The Bertz CT molecular complexity index is 808. The van der Waals surface area contributed by atoms with Crippen molar-refractivity contribution >= 4 is 32.6 Å². The number of aromatic nitrogens is 4. The molecule has 1 N–H and O–H groups in total. The first kappa shape index (κ1) is 8.95. The zero-order valence-corrected chi connectivity index (χ0v) is 9.61. The summed E-state index contributed by atoms with van der Waals surface area (Å²) in [5, 5.41) is 9.45. The summed E-state index contributed by atoms with van der Waals surface area (Å²) in [6.45, 7) is 0. The number of thiophene rings is 1. The van der Waals surface area contributed by atoms with E-state index in [-0.39, 0.29) is 0 Å². The van der Waals surface area contributed by atoms with Crippen LogP contribution in [-0.2, 0) is 0 Å². The average Bonchev–Trinajstić information content (AvgIpc) is 3.02. The lowest BCUT2D eigenvalue weighted by molar-refractivity contribution is 0.987. The summed E-state index contributed by atoms with van der Waals surface area (Å²) >= 11 is 1.69. The van der Waals surface area contributed by atoms with Gasteiger partial charge < -0.3 is 0 Å². The predicted octanol–water partition coefficient (Wildman–Crippen LogP) is 2.96. The number of para-hydroxylation sites is 2. The number of H-pyrrole nitrogens is 1. The number of nitrogens with zero attached hydrogens (tertiary/aromatic N) is 3. The number of fused-ring (bicyclic) bond motifs is 2. The summed E-state index contributed by atoms with van der Waals surface area (Å²) in [5.74, 6) is 0.920. The van der Waals surface area contributed by atoms with Gasteiger partial charge in [-0.25, -0.2) is 4.98 Å². The number of rotatable bonds is 1. The van der Waals surface area contributed by atoms with E-state index in [4.69, 9.17) is 0 Å². The summed E-state index contributed by atoms with van der Waals surface area (Å²) in [6, 6.07) is 10.1. The van der Waals surface area contributed by atoms with Crippen LogP contribution in [0.4, 0.5) is 0 Å². The third-order valence-corrected chi connectivity index (χ3v) is 3.74. The molecule has 3 heterocycles. The molecule has 0 fully saturated rings. The zero-order chi connectivity index (χ0) is 11.2. The van der Waals surface area contributed by atoms with Gasteiger partial charge in [0, 0.05) is 0 Å². The number of nitrogens with one attached hydrogen (secondary N) is 1. The Labute approximate surface area is 101 Å². The van der Waals surface area contributed by atoms with E-state index < -0.39 is 0 Å². The molecule has 0 atom stereocenters. The fourth-order valence-electron chi connectivity index (χ4n) is 2.03. The predicted molar refractivity (Wildman–Crippen MR) is 68.6 cm³/mol. The van der Waals surface area contributed by atoms with Crippen LogP contribution in [-0.4, -0.2) is 19.7 Å². The van der Waals surface area contributed by atoms with Gasteiger partial charge in [-0.15, -0.1) is 11.3 Å². The molecule has 1 aromatic carbocycles. The Kier molecular flexibility index (Phi) is 1.67. The van der Waals surface area contributed by atoms with E-state index in [9.17, 15) is 0 Å². The molecule has 0 aliphatic heterocycles. The van der Waals surface area contributed by atoms with E-state index in [0.29, 0.717) is 0 Å². The first-order valence-electron chi connectivity index (χ1n) is 5.27. The third-order valence-electron chi connectivity index (χ3n) is 2.83. The van der Waals surface area contributed by atoms with Crippen LogP contribution in [0.2, 0.25) is 0 Å². The summed E-state index contributed by atoms with van der Waals surface area (Å²) in [4.78, 5) is 4.38.